The molecule has 0 aliphatic carbocycles. The van der Waals surface area contributed by atoms with E-state index in [-0.39, 0.29) is 12.0 Å². The van der Waals surface area contributed by atoms with Crippen LogP contribution in [0.3, 0.4) is 0 Å². The first-order chi connectivity index (χ1) is 6.59. The third-order valence-electron chi connectivity index (χ3n) is 3.05. The Morgan fingerprint density at radius 1 is 1.36 bits per heavy atom. The molecule has 2 aliphatic heterocycles. The van der Waals surface area contributed by atoms with Gasteiger partial charge in [-0.25, -0.2) is 4.79 Å². The van der Waals surface area contributed by atoms with Crippen molar-refractivity contribution in [1.82, 2.24) is 9.80 Å². The van der Waals surface area contributed by atoms with E-state index in [4.69, 9.17) is 4.74 Å². The summed E-state index contributed by atoms with van der Waals surface area (Å²) in [4.78, 5) is 15.9. The molecule has 78 valence electrons. The maximum Gasteiger partial charge on any atom is 0.335 e. The van der Waals surface area contributed by atoms with Gasteiger partial charge in [0.1, 0.15) is 11.8 Å². The number of rotatable bonds is 0. The Morgan fingerprint density at radius 3 is 2.79 bits per heavy atom. The second-order valence-corrected chi connectivity index (χ2v) is 4.03. The first-order valence-corrected chi connectivity index (χ1v) is 4.94. The minimum absolute atomic E-state index is 0.0996. The van der Waals surface area contributed by atoms with Gasteiger partial charge in [0, 0.05) is 25.3 Å². The lowest BCUT2D eigenvalue weighted by molar-refractivity contribution is -0.150. The predicted octanol–water partition coefficient (Wildman–Crippen LogP) is 0.411. The molecule has 4 heteroatoms. The van der Waals surface area contributed by atoms with Gasteiger partial charge in [-0.05, 0) is 20.9 Å². The molecule has 2 aliphatic rings. The lowest BCUT2D eigenvalue weighted by Gasteiger charge is -2.43. The van der Waals surface area contributed by atoms with E-state index in [9.17, 15) is 4.79 Å². The first-order valence-electron chi connectivity index (χ1n) is 4.94. The molecule has 0 saturated carbocycles. The van der Waals surface area contributed by atoms with E-state index in [0.717, 1.165) is 31.1 Å². The van der Waals surface area contributed by atoms with Gasteiger partial charge in [-0.3, -0.25) is 0 Å². The van der Waals surface area contributed by atoms with Gasteiger partial charge < -0.3 is 14.5 Å². The highest BCUT2D eigenvalue weighted by molar-refractivity contribution is 5.78. The fraction of sp³-hybridized carbons (Fsp3) is 0.700. The van der Waals surface area contributed by atoms with Crippen LogP contribution >= 0.6 is 0 Å². The number of hydrogen-bond donors (Lipinski definition) is 0. The zero-order valence-electron chi connectivity index (χ0n) is 8.91. The normalized spacial score (nSPS) is 28.9. The van der Waals surface area contributed by atoms with Crippen LogP contribution in [0.5, 0.6) is 0 Å². The van der Waals surface area contributed by atoms with Crippen LogP contribution in [0.15, 0.2) is 11.5 Å². The summed E-state index contributed by atoms with van der Waals surface area (Å²) in [6.45, 7) is 6.55. The summed E-state index contributed by atoms with van der Waals surface area (Å²) in [7, 11) is 2.03. The molecule has 0 amide bonds. The molecule has 1 fully saturated rings. The smallest absolute Gasteiger partial charge is 0.335 e. The van der Waals surface area contributed by atoms with Crippen molar-refractivity contribution in [1.29, 1.82) is 0 Å². The summed E-state index contributed by atoms with van der Waals surface area (Å²) < 4.78 is 5.19. The SMILES string of the molecule is CC1=C(C)N2CCN(C)CC2C(=O)O1. The van der Waals surface area contributed by atoms with Crippen LogP contribution < -0.4 is 0 Å². The Bertz CT molecular complexity index is 298. The van der Waals surface area contributed by atoms with Crippen molar-refractivity contribution < 1.29 is 9.53 Å². The van der Waals surface area contributed by atoms with Gasteiger partial charge in [0.2, 0.25) is 0 Å². The van der Waals surface area contributed by atoms with E-state index in [1.165, 1.54) is 0 Å². The standard InChI is InChI=1S/C10H16N2O2/c1-7-8(2)14-10(13)9-6-11(3)4-5-12(7)9/h9H,4-6H2,1-3H3. The zero-order chi connectivity index (χ0) is 10.3. The highest BCUT2D eigenvalue weighted by atomic mass is 16.5. The molecule has 2 heterocycles. The van der Waals surface area contributed by atoms with Gasteiger partial charge >= 0.3 is 5.97 Å². The molecule has 1 atom stereocenters. The van der Waals surface area contributed by atoms with Crippen LogP contribution in [0.2, 0.25) is 0 Å². The quantitative estimate of drug-likeness (QED) is 0.525. The Labute approximate surface area is 84.1 Å². The summed E-state index contributed by atoms with van der Waals surface area (Å²) >= 11 is 0. The van der Waals surface area contributed by atoms with Gasteiger partial charge in [-0.1, -0.05) is 0 Å². The molecule has 0 aromatic heterocycles. The van der Waals surface area contributed by atoms with Crippen LogP contribution in [0, 0.1) is 0 Å². The molecule has 0 bridgehead atoms. The van der Waals surface area contributed by atoms with Crippen molar-refractivity contribution in [2.45, 2.75) is 19.9 Å². The lowest BCUT2D eigenvalue weighted by atomic mass is 10.1. The second-order valence-electron chi connectivity index (χ2n) is 4.03. The zero-order valence-corrected chi connectivity index (χ0v) is 8.91. The number of esters is 1. The number of ether oxygens (including phenoxy) is 1. The topological polar surface area (TPSA) is 32.8 Å². The first kappa shape index (κ1) is 9.52. The molecule has 14 heavy (non-hydrogen) atoms. The van der Waals surface area contributed by atoms with Crippen LogP contribution in [-0.2, 0) is 9.53 Å². The third-order valence-corrected chi connectivity index (χ3v) is 3.05. The van der Waals surface area contributed by atoms with Crippen molar-refractivity contribution in [3.05, 3.63) is 11.5 Å². The number of fused-ring (bicyclic) bond motifs is 1. The van der Waals surface area contributed by atoms with Crippen LogP contribution in [0.4, 0.5) is 0 Å². The van der Waals surface area contributed by atoms with Gasteiger partial charge in [0.15, 0.2) is 0 Å². The molecular formula is C10H16N2O2. The fourth-order valence-corrected chi connectivity index (χ4v) is 2.02. The Hall–Kier alpha value is -1.03. The van der Waals surface area contributed by atoms with Crippen molar-refractivity contribution in [2.24, 2.45) is 0 Å². The van der Waals surface area contributed by atoms with Crippen molar-refractivity contribution in [3.63, 3.8) is 0 Å². The van der Waals surface area contributed by atoms with Gasteiger partial charge in [0.05, 0.1) is 0 Å². The minimum atomic E-state index is -0.111. The minimum Gasteiger partial charge on any atom is -0.428 e. The number of carbonyl (C=O) groups excluding carboxylic acids is 1. The Kier molecular flexibility index (Phi) is 2.23. The van der Waals surface area contributed by atoms with Gasteiger partial charge in [-0.2, -0.15) is 0 Å². The van der Waals surface area contributed by atoms with Crippen molar-refractivity contribution >= 4 is 5.97 Å². The van der Waals surface area contributed by atoms with Gasteiger partial charge in [-0.15, -0.1) is 0 Å². The molecule has 1 unspecified atom stereocenters. The molecule has 0 radical (unpaired) electrons. The monoisotopic (exact) mass is 196 g/mol. The van der Waals surface area contributed by atoms with E-state index >= 15 is 0 Å². The average molecular weight is 196 g/mol. The molecular weight excluding hydrogens is 180 g/mol. The molecule has 0 N–H and O–H groups in total. The number of hydrogen-bond acceptors (Lipinski definition) is 4. The Morgan fingerprint density at radius 2 is 2.07 bits per heavy atom. The molecule has 1 saturated heterocycles. The van der Waals surface area contributed by atoms with Crippen molar-refractivity contribution in [2.75, 3.05) is 26.7 Å². The lowest BCUT2D eigenvalue weighted by Crippen LogP contribution is -2.56. The van der Waals surface area contributed by atoms with E-state index in [0.29, 0.717) is 0 Å². The van der Waals surface area contributed by atoms with Crippen molar-refractivity contribution in [3.8, 4) is 0 Å². The molecule has 0 spiro atoms. The van der Waals surface area contributed by atoms with Crippen LogP contribution in [0.25, 0.3) is 0 Å². The predicted molar refractivity (Wildman–Crippen MR) is 52.5 cm³/mol. The largest absolute Gasteiger partial charge is 0.428 e. The fourth-order valence-electron chi connectivity index (χ4n) is 2.02. The van der Waals surface area contributed by atoms with Gasteiger partial charge in [0.25, 0.3) is 0 Å². The van der Waals surface area contributed by atoms with E-state index in [1.54, 1.807) is 0 Å². The van der Waals surface area contributed by atoms with E-state index in [2.05, 4.69) is 9.80 Å². The number of cyclic esters (lactones) is 1. The summed E-state index contributed by atoms with van der Waals surface area (Å²) in [5.41, 5.74) is 1.10. The number of likely N-dealkylation sites (N-methyl/N-ethyl adjacent to an activating group) is 1. The average Bonchev–Trinajstić information content (AvgIpc) is 2.14. The highest BCUT2D eigenvalue weighted by Crippen LogP contribution is 2.24. The molecule has 4 nitrogen and oxygen atoms in total. The number of nitrogens with zero attached hydrogens (tertiary/aromatic N) is 2. The molecule has 2 rings (SSSR count). The number of piperazine rings is 1. The molecule has 0 aromatic carbocycles. The summed E-state index contributed by atoms with van der Waals surface area (Å²) in [6, 6.07) is -0.0996. The maximum atomic E-state index is 11.6. The highest BCUT2D eigenvalue weighted by Gasteiger charge is 2.36. The summed E-state index contributed by atoms with van der Waals surface area (Å²) in [6.07, 6.45) is 0. The maximum absolute atomic E-state index is 11.6. The second kappa shape index (κ2) is 3.28. The Balaban J connectivity index is 2.26. The van der Waals surface area contributed by atoms with Crippen LogP contribution in [-0.4, -0.2) is 48.5 Å². The number of allylic oxidation sites excluding steroid dienone is 2. The molecule has 0 aromatic rings. The summed E-state index contributed by atoms with van der Waals surface area (Å²) in [5.74, 6) is 0.635. The van der Waals surface area contributed by atoms with Crippen LogP contribution in [0.1, 0.15) is 13.8 Å². The van der Waals surface area contributed by atoms with E-state index < -0.39 is 0 Å². The van der Waals surface area contributed by atoms with E-state index in [1.807, 2.05) is 20.9 Å². The third kappa shape index (κ3) is 1.39. The number of carbonyl (C=O) groups is 1. The summed E-state index contributed by atoms with van der Waals surface area (Å²) in [5, 5.41) is 0.